The Balaban J connectivity index is 1.40. The minimum absolute atomic E-state index is 0.496. The van der Waals surface area contributed by atoms with Gasteiger partial charge in [-0.2, -0.15) is 0 Å². The number of hydrogen-bond donors (Lipinski definition) is 0. The second-order valence-electron chi connectivity index (χ2n) is 11.5. The van der Waals surface area contributed by atoms with Crippen LogP contribution in [0.5, 0.6) is 0 Å². The van der Waals surface area contributed by atoms with Crippen molar-refractivity contribution in [3.63, 3.8) is 0 Å². The van der Waals surface area contributed by atoms with Crippen molar-refractivity contribution in [2.75, 3.05) is 9.80 Å². The standard InChI is InChI=1S/C41H32N2/c1-29-12-11-19-35(28-29)43(34-17-9-4-10-18-34)39-27-23-31-20-24-36-38(26-22-30-21-25-37(39)41(31)40(30)36)42(32-13-5-2-6-14-32)33-15-7-3-8-16-33/h2-27,29H,28H2,1H3. The van der Waals surface area contributed by atoms with Gasteiger partial charge in [-0.1, -0.05) is 110 Å². The number of nitrogens with zero attached hydrogens (tertiary/aromatic N) is 2. The molecule has 0 N–H and O–H groups in total. The van der Waals surface area contributed by atoms with E-state index in [2.05, 4.69) is 174 Å². The molecular weight excluding hydrogens is 520 g/mol. The summed E-state index contributed by atoms with van der Waals surface area (Å²) in [4.78, 5) is 4.84. The summed E-state index contributed by atoms with van der Waals surface area (Å²) < 4.78 is 0. The van der Waals surface area contributed by atoms with Gasteiger partial charge in [0.1, 0.15) is 0 Å². The van der Waals surface area contributed by atoms with E-state index >= 15 is 0 Å². The molecule has 8 rings (SSSR count). The van der Waals surface area contributed by atoms with Crippen molar-refractivity contribution in [2.45, 2.75) is 13.3 Å². The number of hydrogen-bond acceptors (Lipinski definition) is 2. The van der Waals surface area contributed by atoms with E-state index in [4.69, 9.17) is 0 Å². The number of allylic oxidation sites excluding steroid dienone is 4. The molecule has 206 valence electrons. The Morgan fingerprint density at radius 1 is 0.488 bits per heavy atom. The van der Waals surface area contributed by atoms with Gasteiger partial charge >= 0.3 is 0 Å². The van der Waals surface area contributed by atoms with Crippen LogP contribution in [0, 0.1) is 5.92 Å². The van der Waals surface area contributed by atoms with Gasteiger partial charge in [-0.3, -0.25) is 0 Å². The molecule has 43 heavy (non-hydrogen) atoms. The smallest absolute Gasteiger partial charge is 0.0540 e. The van der Waals surface area contributed by atoms with Gasteiger partial charge in [0.25, 0.3) is 0 Å². The quantitative estimate of drug-likeness (QED) is 0.189. The maximum atomic E-state index is 2.47. The number of para-hydroxylation sites is 3. The second kappa shape index (κ2) is 10.5. The Labute approximate surface area is 252 Å². The second-order valence-corrected chi connectivity index (χ2v) is 11.5. The highest BCUT2D eigenvalue weighted by Gasteiger charge is 2.23. The normalized spacial score (nSPS) is 14.8. The summed E-state index contributed by atoms with van der Waals surface area (Å²) in [6.45, 7) is 2.30. The fourth-order valence-corrected chi connectivity index (χ4v) is 6.77. The molecular formula is C41H32N2. The van der Waals surface area contributed by atoms with E-state index in [0.717, 1.165) is 17.8 Å². The van der Waals surface area contributed by atoms with Gasteiger partial charge in [0.2, 0.25) is 0 Å². The molecule has 1 unspecified atom stereocenters. The average Bonchev–Trinajstić information content (AvgIpc) is 3.06. The van der Waals surface area contributed by atoms with E-state index in [1.54, 1.807) is 0 Å². The van der Waals surface area contributed by atoms with Crippen LogP contribution in [0.1, 0.15) is 13.3 Å². The lowest BCUT2D eigenvalue weighted by Crippen LogP contribution is -2.19. The molecule has 2 heteroatoms. The topological polar surface area (TPSA) is 6.48 Å². The van der Waals surface area contributed by atoms with Gasteiger partial charge in [0.05, 0.1) is 11.4 Å². The molecule has 1 atom stereocenters. The third-order valence-electron chi connectivity index (χ3n) is 8.69. The van der Waals surface area contributed by atoms with Gasteiger partial charge in [0.15, 0.2) is 0 Å². The average molecular weight is 553 g/mol. The van der Waals surface area contributed by atoms with Gasteiger partial charge < -0.3 is 9.80 Å². The van der Waals surface area contributed by atoms with Crippen LogP contribution >= 0.6 is 0 Å². The SMILES string of the molecule is CC1C=CC=C(N(c2ccccc2)c2ccc3ccc4c(N(c5ccccc5)c5ccccc5)ccc5ccc2c3c54)C1. The van der Waals surface area contributed by atoms with Gasteiger partial charge in [0, 0.05) is 33.5 Å². The highest BCUT2D eigenvalue weighted by atomic mass is 15.2. The van der Waals surface area contributed by atoms with Crippen molar-refractivity contribution >= 4 is 60.8 Å². The summed E-state index contributed by atoms with van der Waals surface area (Å²) >= 11 is 0. The maximum Gasteiger partial charge on any atom is 0.0540 e. The summed E-state index contributed by atoms with van der Waals surface area (Å²) in [5, 5.41) is 7.67. The number of benzene rings is 7. The lowest BCUT2D eigenvalue weighted by molar-refractivity contribution is 0.696. The lowest BCUT2D eigenvalue weighted by Gasteiger charge is -2.32. The molecule has 0 aliphatic heterocycles. The van der Waals surface area contributed by atoms with E-state index in [1.165, 1.54) is 55.1 Å². The van der Waals surface area contributed by atoms with Crippen molar-refractivity contribution in [3.8, 4) is 0 Å². The summed E-state index contributed by atoms with van der Waals surface area (Å²) in [6, 6.07) is 50.6. The molecule has 1 aliphatic carbocycles. The number of rotatable bonds is 6. The first-order valence-electron chi connectivity index (χ1n) is 15.1. The molecule has 0 saturated carbocycles. The van der Waals surface area contributed by atoms with Crippen LogP contribution in [0.3, 0.4) is 0 Å². The Bertz CT molecular complexity index is 2070. The Hall–Kier alpha value is -5.34. The van der Waals surface area contributed by atoms with Crippen LogP contribution in [0.15, 0.2) is 163 Å². The molecule has 0 saturated heterocycles. The molecule has 0 amide bonds. The predicted molar refractivity (Wildman–Crippen MR) is 184 cm³/mol. The van der Waals surface area contributed by atoms with Gasteiger partial charge in [-0.25, -0.2) is 0 Å². The fourth-order valence-electron chi connectivity index (χ4n) is 6.77. The van der Waals surface area contributed by atoms with Gasteiger partial charge in [-0.15, -0.1) is 0 Å². The molecule has 2 nitrogen and oxygen atoms in total. The first-order chi connectivity index (χ1) is 21.3. The molecule has 0 fully saturated rings. The van der Waals surface area contributed by atoms with E-state index in [-0.39, 0.29) is 0 Å². The van der Waals surface area contributed by atoms with E-state index in [1.807, 2.05) is 0 Å². The Morgan fingerprint density at radius 3 is 1.42 bits per heavy atom. The Morgan fingerprint density at radius 2 is 0.930 bits per heavy atom. The minimum Gasteiger partial charge on any atom is -0.314 e. The molecule has 7 aromatic rings. The first kappa shape index (κ1) is 25.4. The van der Waals surface area contributed by atoms with Crippen molar-refractivity contribution in [3.05, 3.63) is 163 Å². The van der Waals surface area contributed by atoms with Crippen molar-refractivity contribution in [2.24, 2.45) is 5.92 Å². The highest BCUT2D eigenvalue weighted by molar-refractivity contribution is 6.28. The Kier molecular flexibility index (Phi) is 6.19. The summed E-state index contributed by atoms with van der Waals surface area (Å²) in [6.07, 6.45) is 7.79. The fraction of sp³-hybridized carbons (Fsp3) is 0.0732. The highest BCUT2D eigenvalue weighted by Crippen LogP contribution is 2.47. The molecule has 0 radical (unpaired) electrons. The minimum atomic E-state index is 0.496. The van der Waals surface area contributed by atoms with Crippen LogP contribution in [-0.4, -0.2) is 0 Å². The zero-order chi connectivity index (χ0) is 28.8. The third kappa shape index (κ3) is 4.35. The van der Waals surface area contributed by atoms with Crippen LogP contribution in [0.25, 0.3) is 32.3 Å². The first-order valence-corrected chi connectivity index (χ1v) is 15.1. The van der Waals surface area contributed by atoms with E-state index < -0.39 is 0 Å². The summed E-state index contributed by atoms with van der Waals surface area (Å²) in [5.41, 5.74) is 7.19. The molecule has 0 bridgehead atoms. The lowest BCUT2D eigenvalue weighted by atomic mass is 9.91. The molecule has 0 spiro atoms. The van der Waals surface area contributed by atoms with Gasteiger partial charge in [-0.05, 0) is 88.5 Å². The van der Waals surface area contributed by atoms with E-state index in [0.29, 0.717) is 5.92 Å². The van der Waals surface area contributed by atoms with Crippen molar-refractivity contribution < 1.29 is 0 Å². The molecule has 0 heterocycles. The molecule has 1 aliphatic rings. The monoisotopic (exact) mass is 552 g/mol. The van der Waals surface area contributed by atoms with E-state index in [9.17, 15) is 0 Å². The van der Waals surface area contributed by atoms with Crippen LogP contribution < -0.4 is 9.80 Å². The maximum absolute atomic E-state index is 2.47. The summed E-state index contributed by atoms with van der Waals surface area (Å²) in [5.74, 6) is 0.496. The predicted octanol–water partition coefficient (Wildman–Crippen LogP) is 11.7. The zero-order valence-corrected chi connectivity index (χ0v) is 24.2. The largest absolute Gasteiger partial charge is 0.314 e. The number of anilines is 5. The van der Waals surface area contributed by atoms with Crippen molar-refractivity contribution in [1.82, 2.24) is 0 Å². The van der Waals surface area contributed by atoms with Crippen LogP contribution in [0.2, 0.25) is 0 Å². The van der Waals surface area contributed by atoms with Crippen LogP contribution in [-0.2, 0) is 0 Å². The molecule has 0 aromatic heterocycles. The summed E-state index contributed by atoms with van der Waals surface area (Å²) in [7, 11) is 0. The zero-order valence-electron chi connectivity index (χ0n) is 24.2. The third-order valence-corrected chi connectivity index (χ3v) is 8.69. The van der Waals surface area contributed by atoms with Crippen LogP contribution in [0.4, 0.5) is 28.4 Å². The molecule has 7 aromatic carbocycles. The van der Waals surface area contributed by atoms with Crippen molar-refractivity contribution in [1.29, 1.82) is 0 Å².